The molecule has 3 aromatic rings. The van der Waals surface area contributed by atoms with Gasteiger partial charge >= 0.3 is 0 Å². The van der Waals surface area contributed by atoms with Crippen LogP contribution in [0.4, 0.5) is 4.39 Å². The van der Waals surface area contributed by atoms with E-state index in [2.05, 4.69) is 0 Å². The minimum Gasteiger partial charge on any atom is -0.507 e. The van der Waals surface area contributed by atoms with Crippen molar-refractivity contribution in [2.75, 3.05) is 7.11 Å². The maximum absolute atomic E-state index is 13.3. The third-order valence-electron chi connectivity index (χ3n) is 5.02. The number of ether oxygens (including phenoxy) is 2. The standard InChI is InChI=1S/C24H19FO4/c1-14(26)22(24(27)15-7-9-16(25)10-8-15)23-18-5-3-4-6-20(18)29-21-12-11-17(28-2)13-19(21)23/h3-13,23,27H,1-2H3/t23-/m0/s1. The van der Waals surface area contributed by atoms with Crippen molar-refractivity contribution in [1.82, 2.24) is 0 Å². The molecule has 1 heterocycles. The summed E-state index contributed by atoms with van der Waals surface area (Å²) in [7, 11) is 1.56. The van der Waals surface area contributed by atoms with Gasteiger partial charge in [-0.25, -0.2) is 4.39 Å². The monoisotopic (exact) mass is 390 g/mol. The number of Topliss-reactive ketones (excluding diaryl/α,β-unsaturated/α-hetero) is 1. The van der Waals surface area contributed by atoms with E-state index in [1.165, 1.54) is 31.2 Å². The first-order valence-electron chi connectivity index (χ1n) is 9.14. The largest absolute Gasteiger partial charge is 0.507 e. The van der Waals surface area contributed by atoms with Gasteiger partial charge in [0, 0.05) is 28.2 Å². The van der Waals surface area contributed by atoms with E-state index >= 15 is 0 Å². The lowest BCUT2D eigenvalue weighted by atomic mass is 9.79. The number of hydrogen-bond donors (Lipinski definition) is 1. The number of allylic oxidation sites excluding steroid dienone is 1. The van der Waals surface area contributed by atoms with Crippen LogP contribution in [0.2, 0.25) is 0 Å². The maximum Gasteiger partial charge on any atom is 0.160 e. The van der Waals surface area contributed by atoms with Crippen molar-refractivity contribution in [2.24, 2.45) is 0 Å². The average molecular weight is 390 g/mol. The fraction of sp³-hybridized carbons (Fsp3) is 0.125. The molecule has 0 amide bonds. The Morgan fingerprint density at radius 3 is 2.38 bits per heavy atom. The van der Waals surface area contributed by atoms with Gasteiger partial charge in [-0.05, 0) is 55.5 Å². The number of methoxy groups -OCH3 is 1. The molecule has 1 aliphatic rings. The maximum atomic E-state index is 13.3. The third-order valence-corrected chi connectivity index (χ3v) is 5.02. The number of fused-ring (bicyclic) bond motifs is 2. The van der Waals surface area contributed by atoms with E-state index in [0.717, 1.165) is 5.56 Å². The van der Waals surface area contributed by atoms with Gasteiger partial charge in [0.05, 0.1) is 7.11 Å². The number of hydrogen-bond acceptors (Lipinski definition) is 4. The van der Waals surface area contributed by atoms with Crippen molar-refractivity contribution in [3.63, 3.8) is 0 Å². The number of aliphatic hydroxyl groups is 1. The highest BCUT2D eigenvalue weighted by molar-refractivity contribution is 6.02. The first-order chi connectivity index (χ1) is 14.0. The van der Waals surface area contributed by atoms with Gasteiger partial charge in [-0.3, -0.25) is 4.79 Å². The van der Waals surface area contributed by atoms with Gasteiger partial charge in [-0.15, -0.1) is 0 Å². The Morgan fingerprint density at radius 1 is 1.00 bits per heavy atom. The molecular formula is C24H19FO4. The Morgan fingerprint density at radius 2 is 1.69 bits per heavy atom. The molecule has 0 aliphatic carbocycles. The van der Waals surface area contributed by atoms with Crippen molar-refractivity contribution >= 4 is 11.5 Å². The van der Waals surface area contributed by atoms with E-state index in [4.69, 9.17) is 9.47 Å². The molecule has 0 radical (unpaired) electrons. The van der Waals surface area contributed by atoms with Gasteiger partial charge in [0.2, 0.25) is 0 Å². The highest BCUT2D eigenvalue weighted by Crippen LogP contribution is 2.49. The summed E-state index contributed by atoms with van der Waals surface area (Å²) < 4.78 is 24.7. The summed E-state index contributed by atoms with van der Waals surface area (Å²) in [6.45, 7) is 1.41. The Labute approximate surface area is 167 Å². The summed E-state index contributed by atoms with van der Waals surface area (Å²) in [5.74, 6) is 0.349. The molecule has 4 rings (SSSR count). The lowest BCUT2D eigenvalue weighted by Crippen LogP contribution is -2.18. The summed E-state index contributed by atoms with van der Waals surface area (Å²) in [5, 5.41) is 11.0. The number of carbonyl (C=O) groups excluding carboxylic acids is 1. The number of carbonyl (C=O) groups is 1. The molecule has 3 aromatic carbocycles. The number of benzene rings is 3. The van der Waals surface area contributed by atoms with Gasteiger partial charge in [0.25, 0.3) is 0 Å². The fourth-order valence-electron chi connectivity index (χ4n) is 3.65. The molecule has 29 heavy (non-hydrogen) atoms. The molecule has 1 N–H and O–H groups in total. The van der Waals surface area contributed by atoms with Crippen LogP contribution in [-0.4, -0.2) is 18.0 Å². The number of aliphatic hydroxyl groups excluding tert-OH is 1. The molecule has 0 aromatic heterocycles. The average Bonchev–Trinajstić information content (AvgIpc) is 2.73. The van der Waals surface area contributed by atoms with Crippen LogP contribution in [0.25, 0.3) is 5.76 Å². The Kier molecular flexibility index (Phi) is 4.80. The molecule has 0 saturated carbocycles. The highest BCUT2D eigenvalue weighted by atomic mass is 19.1. The minimum absolute atomic E-state index is 0.187. The third kappa shape index (κ3) is 3.36. The van der Waals surface area contributed by atoms with Crippen LogP contribution in [-0.2, 0) is 4.79 Å². The summed E-state index contributed by atoms with van der Waals surface area (Å²) >= 11 is 0. The number of para-hydroxylation sites is 1. The predicted molar refractivity (Wildman–Crippen MR) is 108 cm³/mol. The van der Waals surface area contributed by atoms with Gasteiger partial charge in [0.1, 0.15) is 28.8 Å². The lowest BCUT2D eigenvalue weighted by molar-refractivity contribution is -0.113. The molecule has 5 heteroatoms. The van der Waals surface area contributed by atoms with Crippen LogP contribution in [0.15, 0.2) is 72.3 Å². The molecule has 0 saturated heterocycles. The summed E-state index contributed by atoms with van der Waals surface area (Å²) in [5.41, 5.74) is 2.04. The molecule has 0 spiro atoms. The van der Waals surface area contributed by atoms with E-state index in [0.29, 0.717) is 28.4 Å². The zero-order chi connectivity index (χ0) is 20.5. The Hall–Kier alpha value is -3.60. The molecular weight excluding hydrogens is 371 g/mol. The van der Waals surface area contributed by atoms with E-state index in [1.807, 2.05) is 24.3 Å². The van der Waals surface area contributed by atoms with Crippen molar-refractivity contribution < 1.29 is 23.8 Å². The zero-order valence-corrected chi connectivity index (χ0v) is 16.0. The summed E-state index contributed by atoms with van der Waals surface area (Å²) in [4.78, 5) is 12.7. The zero-order valence-electron chi connectivity index (χ0n) is 16.0. The van der Waals surface area contributed by atoms with E-state index < -0.39 is 11.7 Å². The number of halogens is 1. The fourth-order valence-corrected chi connectivity index (χ4v) is 3.65. The van der Waals surface area contributed by atoms with Crippen LogP contribution >= 0.6 is 0 Å². The van der Waals surface area contributed by atoms with E-state index in [-0.39, 0.29) is 17.1 Å². The van der Waals surface area contributed by atoms with E-state index in [9.17, 15) is 14.3 Å². The van der Waals surface area contributed by atoms with Gasteiger partial charge in [-0.2, -0.15) is 0 Å². The molecule has 4 nitrogen and oxygen atoms in total. The number of rotatable bonds is 4. The van der Waals surface area contributed by atoms with Gasteiger partial charge < -0.3 is 14.6 Å². The van der Waals surface area contributed by atoms with Crippen LogP contribution in [0.3, 0.4) is 0 Å². The molecule has 1 atom stereocenters. The minimum atomic E-state index is -0.562. The van der Waals surface area contributed by atoms with Gasteiger partial charge in [0.15, 0.2) is 5.78 Å². The second-order valence-corrected chi connectivity index (χ2v) is 6.80. The van der Waals surface area contributed by atoms with Gasteiger partial charge in [-0.1, -0.05) is 18.2 Å². The van der Waals surface area contributed by atoms with Crippen LogP contribution < -0.4 is 9.47 Å². The first-order valence-corrected chi connectivity index (χ1v) is 9.14. The van der Waals surface area contributed by atoms with Crippen molar-refractivity contribution in [3.8, 4) is 17.2 Å². The molecule has 0 bridgehead atoms. The highest BCUT2D eigenvalue weighted by Gasteiger charge is 2.34. The van der Waals surface area contributed by atoms with Crippen molar-refractivity contribution in [1.29, 1.82) is 0 Å². The summed E-state index contributed by atoms with van der Waals surface area (Å²) in [6, 6.07) is 18.1. The summed E-state index contributed by atoms with van der Waals surface area (Å²) in [6.07, 6.45) is 0. The number of ketones is 1. The smallest absolute Gasteiger partial charge is 0.160 e. The topological polar surface area (TPSA) is 55.8 Å². The van der Waals surface area contributed by atoms with Crippen molar-refractivity contribution in [2.45, 2.75) is 12.8 Å². The second kappa shape index (κ2) is 7.43. The Balaban J connectivity index is 1.99. The molecule has 0 fully saturated rings. The van der Waals surface area contributed by atoms with Crippen LogP contribution in [0, 0.1) is 5.82 Å². The normalized spacial score (nSPS) is 15.5. The van der Waals surface area contributed by atoms with Crippen molar-refractivity contribution in [3.05, 3.63) is 94.8 Å². The SMILES string of the molecule is COc1ccc2c(c1)[C@@H](C(C(C)=O)=C(O)c1ccc(F)cc1)c1ccccc1O2. The molecule has 0 unspecified atom stereocenters. The molecule has 146 valence electrons. The lowest BCUT2D eigenvalue weighted by Gasteiger charge is -2.30. The quantitative estimate of drug-likeness (QED) is 0.463. The first kappa shape index (κ1) is 18.7. The van der Waals surface area contributed by atoms with E-state index in [1.54, 1.807) is 25.3 Å². The second-order valence-electron chi connectivity index (χ2n) is 6.80. The Bertz CT molecular complexity index is 1120. The van der Waals surface area contributed by atoms with Crippen LogP contribution in [0.1, 0.15) is 29.5 Å². The van der Waals surface area contributed by atoms with Crippen LogP contribution in [0.5, 0.6) is 17.2 Å². The predicted octanol–water partition coefficient (Wildman–Crippen LogP) is 5.63. The molecule has 1 aliphatic heterocycles.